The number of non-ortho nitro benzene ring substituents is 1. The monoisotopic (exact) mass is 429 g/mol. The van der Waals surface area contributed by atoms with E-state index in [0.29, 0.717) is 0 Å². The van der Waals surface area contributed by atoms with E-state index in [-0.39, 0.29) is 10.6 Å². The lowest BCUT2D eigenvalue weighted by Gasteiger charge is -2.21. The molecule has 0 unspecified atom stereocenters. The molecule has 0 aliphatic rings. The Balaban J connectivity index is 2.02. The lowest BCUT2D eigenvalue weighted by Crippen LogP contribution is -2.42. The average molecular weight is 430 g/mol. The third-order valence-corrected chi connectivity index (χ3v) is 7.02. The zero-order valence-electron chi connectivity index (χ0n) is 17.9. The van der Waals surface area contributed by atoms with Crippen LogP contribution in [0.25, 0.3) is 33.2 Å². The lowest BCUT2D eigenvalue weighted by molar-refractivity contribution is -0.384. The molecule has 31 heavy (non-hydrogen) atoms. The Morgan fingerprint density at radius 1 is 0.903 bits per heavy atom. The number of ether oxygens (including phenoxy) is 1. The standard InChI is InChI=1S/C24H23N3O3Si/c1-30-19-13-11-16(12-14-19)22-21-10-6-9-20(17-7-5-8-18(15-17)27(28)29)23(21)25-26-24(22)31(2,3)4/h5-15H,1-4H3. The molecule has 3 aromatic carbocycles. The van der Waals surface area contributed by atoms with Gasteiger partial charge >= 0.3 is 0 Å². The van der Waals surface area contributed by atoms with E-state index in [2.05, 4.69) is 29.8 Å². The molecule has 156 valence electrons. The van der Waals surface area contributed by atoms with Crippen LogP contribution in [0, 0.1) is 10.1 Å². The second-order valence-electron chi connectivity index (χ2n) is 8.41. The highest BCUT2D eigenvalue weighted by atomic mass is 28.3. The van der Waals surface area contributed by atoms with Crippen LogP contribution >= 0.6 is 0 Å². The van der Waals surface area contributed by atoms with Gasteiger partial charge in [-0.25, -0.2) is 0 Å². The van der Waals surface area contributed by atoms with Gasteiger partial charge in [0.15, 0.2) is 0 Å². The average Bonchev–Trinajstić information content (AvgIpc) is 2.77. The number of nitrogens with zero attached hydrogens (tertiary/aromatic N) is 3. The van der Waals surface area contributed by atoms with Crippen molar-refractivity contribution in [3.63, 3.8) is 0 Å². The van der Waals surface area contributed by atoms with Crippen molar-refractivity contribution in [1.29, 1.82) is 0 Å². The van der Waals surface area contributed by atoms with Crippen LogP contribution < -0.4 is 10.1 Å². The summed E-state index contributed by atoms with van der Waals surface area (Å²) >= 11 is 0. The van der Waals surface area contributed by atoms with Crippen LogP contribution in [0.3, 0.4) is 0 Å². The molecular formula is C24H23N3O3Si. The summed E-state index contributed by atoms with van der Waals surface area (Å²) in [5.74, 6) is 0.793. The number of aromatic nitrogens is 2. The first-order chi connectivity index (χ1) is 14.8. The summed E-state index contributed by atoms with van der Waals surface area (Å²) in [6.07, 6.45) is 0. The van der Waals surface area contributed by atoms with E-state index in [1.54, 1.807) is 19.2 Å². The van der Waals surface area contributed by atoms with E-state index in [0.717, 1.165) is 44.2 Å². The number of nitro groups is 1. The molecule has 0 amide bonds. The third-order valence-electron chi connectivity index (χ3n) is 5.25. The molecule has 4 rings (SSSR count). The number of nitro benzene ring substituents is 1. The van der Waals surface area contributed by atoms with Crippen LogP contribution in [0.5, 0.6) is 5.75 Å². The Morgan fingerprint density at radius 2 is 1.61 bits per heavy atom. The maximum Gasteiger partial charge on any atom is 0.270 e. The molecule has 0 radical (unpaired) electrons. The maximum absolute atomic E-state index is 11.3. The normalized spacial score (nSPS) is 11.5. The number of fused-ring (bicyclic) bond motifs is 1. The molecule has 1 heterocycles. The SMILES string of the molecule is COc1ccc(-c2c([Si](C)(C)C)nnc3c(-c4cccc([N+](=O)[O-])c4)cccc23)cc1. The molecule has 4 aromatic rings. The topological polar surface area (TPSA) is 78.2 Å². The highest BCUT2D eigenvalue weighted by Gasteiger charge is 2.26. The van der Waals surface area contributed by atoms with Gasteiger partial charge < -0.3 is 4.74 Å². The zero-order valence-corrected chi connectivity index (χ0v) is 18.9. The summed E-state index contributed by atoms with van der Waals surface area (Å²) < 4.78 is 5.32. The number of hydrogen-bond acceptors (Lipinski definition) is 5. The summed E-state index contributed by atoms with van der Waals surface area (Å²) in [5, 5.41) is 22.6. The van der Waals surface area contributed by atoms with Gasteiger partial charge in [0, 0.05) is 28.6 Å². The van der Waals surface area contributed by atoms with Gasteiger partial charge in [-0.2, -0.15) is 5.10 Å². The summed E-state index contributed by atoms with van der Waals surface area (Å²) in [7, 11) is -0.164. The molecule has 0 N–H and O–H groups in total. The van der Waals surface area contributed by atoms with Gasteiger partial charge in [0.2, 0.25) is 0 Å². The molecular weight excluding hydrogens is 406 g/mol. The Hall–Kier alpha value is -3.58. The van der Waals surface area contributed by atoms with E-state index < -0.39 is 8.07 Å². The van der Waals surface area contributed by atoms with Crippen molar-refractivity contribution in [3.05, 3.63) is 76.8 Å². The van der Waals surface area contributed by atoms with Crippen molar-refractivity contribution in [2.45, 2.75) is 19.6 Å². The molecule has 0 saturated carbocycles. The molecule has 7 heteroatoms. The summed E-state index contributed by atoms with van der Waals surface area (Å²) in [6, 6.07) is 20.6. The van der Waals surface area contributed by atoms with Gasteiger partial charge in [-0.1, -0.05) is 62.1 Å². The van der Waals surface area contributed by atoms with Crippen LogP contribution in [0.1, 0.15) is 0 Å². The van der Waals surface area contributed by atoms with Crippen LogP contribution in [0.2, 0.25) is 19.6 Å². The largest absolute Gasteiger partial charge is 0.497 e. The van der Waals surface area contributed by atoms with E-state index in [1.807, 2.05) is 48.5 Å². The van der Waals surface area contributed by atoms with E-state index in [9.17, 15) is 10.1 Å². The smallest absolute Gasteiger partial charge is 0.270 e. The molecule has 0 saturated heterocycles. The minimum absolute atomic E-state index is 0.0524. The molecule has 0 aliphatic heterocycles. The van der Waals surface area contributed by atoms with Crippen molar-refractivity contribution in [3.8, 4) is 28.0 Å². The van der Waals surface area contributed by atoms with Gasteiger partial charge in [0.1, 0.15) is 19.3 Å². The zero-order chi connectivity index (χ0) is 22.2. The number of hydrogen-bond donors (Lipinski definition) is 0. The first kappa shape index (κ1) is 20.7. The molecule has 0 atom stereocenters. The maximum atomic E-state index is 11.3. The summed E-state index contributed by atoms with van der Waals surface area (Å²) in [4.78, 5) is 10.9. The van der Waals surface area contributed by atoms with Gasteiger partial charge in [0.25, 0.3) is 5.69 Å². The highest BCUT2D eigenvalue weighted by Crippen LogP contribution is 2.34. The molecule has 0 spiro atoms. The second kappa shape index (κ2) is 7.92. The first-order valence-electron chi connectivity index (χ1n) is 9.99. The van der Waals surface area contributed by atoms with Crippen molar-refractivity contribution in [2.24, 2.45) is 0 Å². The van der Waals surface area contributed by atoms with Crippen molar-refractivity contribution < 1.29 is 9.66 Å². The predicted octanol–water partition coefficient (Wildman–Crippen LogP) is 5.43. The molecule has 6 nitrogen and oxygen atoms in total. The number of methoxy groups -OCH3 is 1. The fourth-order valence-corrected chi connectivity index (χ4v) is 5.10. The van der Waals surface area contributed by atoms with Crippen LogP contribution in [0.15, 0.2) is 66.7 Å². The lowest BCUT2D eigenvalue weighted by atomic mass is 9.97. The Bertz CT molecular complexity index is 1280. The van der Waals surface area contributed by atoms with Crippen LogP contribution in [-0.2, 0) is 0 Å². The Morgan fingerprint density at radius 3 is 2.26 bits per heavy atom. The summed E-state index contributed by atoms with van der Waals surface area (Å²) in [6.45, 7) is 6.75. The van der Waals surface area contributed by atoms with Crippen molar-refractivity contribution >= 4 is 30.0 Å². The minimum atomic E-state index is -1.81. The predicted molar refractivity (Wildman–Crippen MR) is 127 cm³/mol. The third kappa shape index (κ3) is 3.92. The fraction of sp³-hybridized carbons (Fsp3) is 0.167. The molecule has 0 aliphatic carbocycles. The second-order valence-corrected chi connectivity index (χ2v) is 13.4. The van der Waals surface area contributed by atoms with Crippen molar-refractivity contribution in [1.82, 2.24) is 10.2 Å². The van der Waals surface area contributed by atoms with Crippen LogP contribution in [0.4, 0.5) is 5.69 Å². The molecule has 0 fully saturated rings. The van der Waals surface area contributed by atoms with Gasteiger partial charge in [-0.05, 0) is 23.3 Å². The van der Waals surface area contributed by atoms with E-state index >= 15 is 0 Å². The summed E-state index contributed by atoms with van der Waals surface area (Å²) in [5.41, 5.74) is 4.47. The van der Waals surface area contributed by atoms with Crippen LogP contribution in [-0.4, -0.2) is 30.3 Å². The quantitative estimate of drug-likeness (QED) is 0.240. The van der Waals surface area contributed by atoms with Crippen molar-refractivity contribution in [2.75, 3.05) is 7.11 Å². The van der Waals surface area contributed by atoms with E-state index in [4.69, 9.17) is 4.74 Å². The highest BCUT2D eigenvalue weighted by molar-refractivity contribution is 6.89. The first-order valence-corrected chi connectivity index (χ1v) is 13.5. The Labute approximate surface area is 181 Å². The molecule has 0 bridgehead atoms. The fourth-order valence-electron chi connectivity index (χ4n) is 3.73. The van der Waals surface area contributed by atoms with Gasteiger partial charge in [0.05, 0.1) is 17.4 Å². The number of benzene rings is 3. The van der Waals surface area contributed by atoms with Gasteiger partial charge in [-0.3, -0.25) is 10.1 Å². The van der Waals surface area contributed by atoms with E-state index in [1.165, 1.54) is 6.07 Å². The Kier molecular flexibility index (Phi) is 5.28. The minimum Gasteiger partial charge on any atom is -0.497 e. The number of rotatable bonds is 5. The molecule has 1 aromatic heterocycles. The van der Waals surface area contributed by atoms with Gasteiger partial charge in [-0.15, -0.1) is 5.10 Å².